The zero-order chi connectivity index (χ0) is 19.6. The molecule has 1 saturated heterocycles. The van der Waals surface area contributed by atoms with Gasteiger partial charge < -0.3 is 4.90 Å². The molecule has 2 aliphatic rings. The maximum absolute atomic E-state index is 13.1. The molecule has 1 saturated carbocycles. The van der Waals surface area contributed by atoms with Crippen LogP contribution < -0.4 is 0 Å². The van der Waals surface area contributed by atoms with E-state index in [0.717, 1.165) is 38.5 Å². The van der Waals surface area contributed by atoms with Gasteiger partial charge in [0.05, 0.1) is 5.02 Å². The second kappa shape index (κ2) is 8.50. The number of hydrogen-bond donors (Lipinski definition) is 0. The maximum Gasteiger partial charge on any atom is 0.253 e. The van der Waals surface area contributed by atoms with E-state index in [0.29, 0.717) is 24.6 Å². The van der Waals surface area contributed by atoms with Crippen LogP contribution >= 0.6 is 11.6 Å². The van der Waals surface area contributed by atoms with Crippen molar-refractivity contribution >= 4 is 27.5 Å². The Kier molecular flexibility index (Phi) is 6.49. The fraction of sp³-hybridized carbons (Fsp3) is 0.650. The SMILES string of the molecule is CC1CCCN(S(=O)(=O)c2cc(C(=O)N(C)C3CCCCC3)ccc2Cl)C1. The Bertz CT molecular complexity index is 790. The Balaban J connectivity index is 1.86. The molecule has 0 N–H and O–H groups in total. The van der Waals surface area contributed by atoms with Gasteiger partial charge in [-0.1, -0.05) is 37.8 Å². The first-order valence-corrected chi connectivity index (χ1v) is 11.7. The quantitative estimate of drug-likeness (QED) is 0.745. The lowest BCUT2D eigenvalue weighted by atomic mass is 9.94. The van der Waals surface area contributed by atoms with E-state index in [4.69, 9.17) is 11.6 Å². The van der Waals surface area contributed by atoms with Crippen LogP contribution in [0, 0.1) is 5.92 Å². The summed E-state index contributed by atoms with van der Waals surface area (Å²) in [5.74, 6) is 0.191. The lowest BCUT2D eigenvalue weighted by Gasteiger charge is -2.32. The molecule has 1 aromatic carbocycles. The van der Waals surface area contributed by atoms with Crippen molar-refractivity contribution in [1.82, 2.24) is 9.21 Å². The topological polar surface area (TPSA) is 57.7 Å². The zero-order valence-electron chi connectivity index (χ0n) is 16.2. The van der Waals surface area contributed by atoms with Gasteiger partial charge in [0.25, 0.3) is 5.91 Å². The van der Waals surface area contributed by atoms with Gasteiger partial charge in [0.15, 0.2) is 0 Å². The number of piperidine rings is 1. The lowest BCUT2D eigenvalue weighted by molar-refractivity contribution is 0.0696. The molecule has 0 aromatic heterocycles. The number of halogens is 1. The molecular formula is C20H29ClN2O3S. The van der Waals surface area contributed by atoms with Gasteiger partial charge in [0.2, 0.25) is 10.0 Å². The third kappa shape index (κ3) is 4.49. The van der Waals surface area contributed by atoms with Crippen molar-refractivity contribution in [1.29, 1.82) is 0 Å². The highest BCUT2D eigenvalue weighted by molar-refractivity contribution is 7.89. The number of benzene rings is 1. The Morgan fingerprint density at radius 3 is 2.52 bits per heavy atom. The number of nitrogens with zero attached hydrogens (tertiary/aromatic N) is 2. The van der Waals surface area contributed by atoms with Crippen molar-refractivity contribution in [2.45, 2.75) is 62.8 Å². The van der Waals surface area contributed by atoms with Crippen molar-refractivity contribution in [3.8, 4) is 0 Å². The third-order valence-corrected chi connectivity index (χ3v) is 8.21. The minimum Gasteiger partial charge on any atom is -0.339 e. The summed E-state index contributed by atoms with van der Waals surface area (Å²) in [5, 5.41) is 0.171. The molecule has 0 bridgehead atoms. The van der Waals surface area contributed by atoms with Crippen LogP contribution in [0.15, 0.2) is 23.1 Å². The number of carbonyl (C=O) groups excluding carboxylic acids is 1. The molecule has 1 aromatic rings. The smallest absolute Gasteiger partial charge is 0.253 e. The highest BCUT2D eigenvalue weighted by atomic mass is 35.5. The van der Waals surface area contributed by atoms with E-state index >= 15 is 0 Å². The highest BCUT2D eigenvalue weighted by Crippen LogP contribution is 2.30. The van der Waals surface area contributed by atoms with Crippen LogP contribution in [-0.2, 0) is 10.0 Å². The fourth-order valence-corrected chi connectivity index (χ4v) is 6.27. The summed E-state index contributed by atoms with van der Waals surface area (Å²) >= 11 is 6.24. The van der Waals surface area contributed by atoms with Gasteiger partial charge in [0, 0.05) is 31.7 Å². The van der Waals surface area contributed by atoms with Crippen molar-refractivity contribution in [3.05, 3.63) is 28.8 Å². The summed E-state index contributed by atoms with van der Waals surface area (Å²) in [4.78, 5) is 14.7. The highest BCUT2D eigenvalue weighted by Gasteiger charge is 2.31. The molecule has 1 heterocycles. The molecule has 1 atom stereocenters. The van der Waals surface area contributed by atoms with Crippen molar-refractivity contribution in [2.75, 3.05) is 20.1 Å². The number of amides is 1. The van der Waals surface area contributed by atoms with E-state index in [1.54, 1.807) is 11.0 Å². The van der Waals surface area contributed by atoms with Crippen molar-refractivity contribution in [2.24, 2.45) is 5.92 Å². The minimum atomic E-state index is -3.70. The van der Waals surface area contributed by atoms with E-state index in [9.17, 15) is 13.2 Å². The van der Waals surface area contributed by atoms with E-state index in [-0.39, 0.29) is 21.9 Å². The predicted octanol–water partition coefficient (Wildman–Crippen LogP) is 4.17. The fourth-order valence-electron chi connectivity index (χ4n) is 4.18. The summed E-state index contributed by atoms with van der Waals surface area (Å²) in [6.07, 6.45) is 7.38. The Morgan fingerprint density at radius 2 is 1.85 bits per heavy atom. The first-order chi connectivity index (χ1) is 12.8. The van der Waals surface area contributed by atoms with E-state index < -0.39 is 10.0 Å². The van der Waals surface area contributed by atoms with Gasteiger partial charge >= 0.3 is 0 Å². The first kappa shape index (κ1) is 20.6. The minimum absolute atomic E-state index is 0.0427. The van der Waals surface area contributed by atoms with Gasteiger partial charge in [-0.15, -0.1) is 0 Å². The van der Waals surface area contributed by atoms with E-state index in [2.05, 4.69) is 6.92 Å². The number of sulfonamides is 1. The standard InChI is InChI=1S/C20H29ClN2O3S/c1-15-7-6-12-23(14-15)27(25,26)19-13-16(10-11-18(19)21)20(24)22(2)17-8-4-3-5-9-17/h10-11,13,15,17H,3-9,12,14H2,1-2H3. The zero-order valence-corrected chi connectivity index (χ0v) is 17.7. The van der Waals surface area contributed by atoms with Gasteiger partial charge in [0.1, 0.15) is 4.90 Å². The normalized spacial score (nSPS) is 22.6. The average Bonchev–Trinajstić information content (AvgIpc) is 2.67. The number of carbonyl (C=O) groups is 1. The van der Waals surface area contributed by atoms with Crippen LogP contribution in [0.2, 0.25) is 5.02 Å². The van der Waals surface area contributed by atoms with E-state index in [1.807, 2.05) is 7.05 Å². The van der Waals surface area contributed by atoms with Crippen LogP contribution in [0.4, 0.5) is 0 Å². The molecule has 0 spiro atoms. The summed E-state index contributed by atoms with van der Waals surface area (Å²) in [6, 6.07) is 4.84. The summed E-state index contributed by atoms with van der Waals surface area (Å²) in [6.45, 7) is 3.06. The largest absolute Gasteiger partial charge is 0.339 e. The average molecular weight is 413 g/mol. The molecule has 1 aliphatic carbocycles. The number of rotatable bonds is 4. The van der Waals surface area contributed by atoms with Gasteiger partial charge in [-0.3, -0.25) is 4.79 Å². The Morgan fingerprint density at radius 1 is 1.15 bits per heavy atom. The van der Waals surface area contributed by atoms with Gasteiger partial charge in [-0.25, -0.2) is 8.42 Å². The van der Waals surface area contributed by atoms with Crippen LogP contribution in [0.5, 0.6) is 0 Å². The Labute approximate surface area is 167 Å². The predicted molar refractivity (Wildman–Crippen MR) is 108 cm³/mol. The molecule has 1 unspecified atom stereocenters. The second-order valence-corrected chi connectivity index (χ2v) is 10.3. The molecule has 2 fully saturated rings. The van der Waals surface area contributed by atoms with Gasteiger partial charge in [-0.05, 0) is 49.8 Å². The van der Waals surface area contributed by atoms with Crippen molar-refractivity contribution in [3.63, 3.8) is 0 Å². The maximum atomic E-state index is 13.1. The van der Waals surface area contributed by atoms with Crippen molar-refractivity contribution < 1.29 is 13.2 Å². The molecule has 3 rings (SSSR count). The molecule has 150 valence electrons. The monoisotopic (exact) mass is 412 g/mol. The molecule has 5 nitrogen and oxygen atoms in total. The molecule has 1 aliphatic heterocycles. The van der Waals surface area contributed by atoms with Crippen LogP contribution in [0.25, 0.3) is 0 Å². The first-order valence-electron chi connectivity index (χ1n) is 9.87. The van der Waals surface area contributed by atoms with Gasteiger partial charge in [-0.2, -0.15) is 4.31 Å². The molecule has 0 radical (unpaired) electrons. The molecule has 1 amide bonds. The lowest BCUT2D eigenvalue weighted by Crippen LogP contribution is -2.40. The summed E-state index contributed by atoms with van der Waals surface area (Å²) in [7, 11) is -1.89. The van der Waals surface area contributed by atoms with Crippen LogP contribution in [0.3, 0.4) is 0 Å². The van der Waals surface area contributed by atoms with Crippen LogP contribution in [0.1, 0.15) is 62.2 Å². The summed E-state index contributed by atoms with van der Waals surface area (Å²) < 4.78 is 27.7. The molecule has 7 heteroatoms. The van der Waals surface area contributed by atoms with E-state index in [1.165, 1.54) is 22.9 Å². The summed E-state index contributed by atoms with van der Waals surface area (Å²) in [5.41, 5.74) is 0.385. The molecular weight excluding hydrogens is 384 g/mol. The van der Waals surface area contributed by atoms with Crippen LogP contribution in [-0.4, -0.2) is 49.7 Å². The number of hydrogen-bond acceptors (Lipinski definition) is 3. The molecule has 27 heavy (non-hydrogen) atoms. The Hall–Kier alpha value is -1.11. The second-order valence-electron chi connectivity index (χ2n) is 7.96. The third-order valence-electron chi connectivity index (χ3n) is 5.86.